The Balaban J connectivity index is 1.82. The number of nitrogens with one attached hydrogen (secondary N) is 1. The maximum atomic E-state index is 13.0. The molecule has 0 bridgehead atoms. The van der Waals surface area contributed by atoms with Crippen LogP contribution in [0.15, 0.2) is 77.7 Å². The van der Waals surface area contributed by atoms with E-state index in [1.807, 2.05) is 20.8 Å². The SMILES string of the molecule is Cc1ccc(C(=O)Nc2ccc(OC(C)C)cc2)cc1N(C)S(=O)(=O)c1ccccc1. The maximum Gasteiger partial charge on any atom is 0.264 e. The highest BCUT2D eigenvalue weighted by molar-refractivity contribution is 7.92. The quantitative estimate of drug-likeness (QED) is 0.572. The van der Waals surface area contributed by atoms with E-state index in [2.05, 4.69) is 5.32 Å². The minimum Gasteiger partial charge on any atom is -0.491 e. The second kappa shape index (κ2) is 9.22. The van der Waals surface area contributed by atoms with Gasteiger partial charge in [-0.25, -0.2) is 8.42 Å². The first-order chi connectivity index (χ1) is 14.7. The minimum atomic E-state index is -3.74. The summed E-state index contributed by atoms with van der Waals surface area (Å²) in [5.41, 5.74) is 2.16. The van der Waals surface area contributed by atoms with Gasteiger partial charge in [0.05, 0.1) is 16.7 Å². The molecule has 0 fully saturated rings. The molecular formula is C24H26N2O4S. The second-order valence-corrected chi connectivity index (χ2v) is 9.40. The average Bonchev–Trinajstić information content (AvgIpc) is 2.75. The number of hydrogen-bond acceptors (Lipinski definition) is 4. The summed E-state index contributed by atoms with van der Waals surface area (Å²) in [4.78, 5) is 13.0. The summed E-state index contributed by atoms with van der Waals surface area (Å²) >= 11 is 0. The van der Waals surface area contributed by atoms with Gasteiger partial charge in [-0.3, -0.25) is 9.10 Å². The third-order valence-corrected chi connectivity index (χ3v) is 6.48. The fraction of sp³-hybridized carbons (Fsp3) is 0.208. The molecule has 0 saturated carbocycles. The fourth-order valence-corrected chi connectivity index (χ4v) is 4.34. The van der Waals surface area contributed by atoms with E-state index in [0.29, 0.717) is 16.9 Å². The molecule has 0 unspecified atom stereocenters. The Hall–Kier alpha value is -3.32. The van der Waals surface area contributed by atoms with Gasteiger partial charge in [-0.2, -0.15) is 0 Å². The fourth-order valence-electron chi connectivity index (χ4n) is 3.06. The van der Waals surface area contributed by atoms with Gasteiger partial charge in [-0.05, 0) is 74.9 Å². The first-order valence-electron chi connectivity index (χ1n) is 9.91. The van der Waals surface area contributed by atoms with Gasteiger partial charge in [-0.15, -0.1) is 0 Å². The van der Waals surface area contributed by atoms with Crippen LogP contribution in [-0.2, 0) is 10.0 Å². The van der Waals surface area contributed by atoms with Crippen molar-refractivity contribution in [3.05, 3.63) is 83.9 Å². The molecule has 0 heterocycles. The van der Waals surface area contributed by atoms with E-state index < -0.39 is 10.0 Å². The first-order valence-corrected chi connectivity index (χ1v) is 11.3. The molecule has 0 aliphatic rings. The normalized spacial score (nSPS) is 11.3. The molecule has 31 heavy (non-hydrogen) atoms. The summed E-state index contributed by atoms with van der Waals surface area (Å²) in [6, 6.07) is 20.3. The number of nitrogens with zero attached hydrogens (tertiary/aromatic N) is 1. The number of sulfonamides is 1. The highest BCUT2D eigenvalue weighted by Crippen LogP contribution is 2.27. The molecule has 162 valence electrons. The van der Waals surface area contributed by atoms with E-state index in [4.69, 9.17) is 4.74 Å². The van der Waals surface area contributed by atoms with E-state index >= 15 is 0 Å². The lowest BCUT2D eigenvalue weighted by Crippen LogP contribution is -2.27. The van der Waals surface area contributed by atoms with Crippen molar-refractivity contribution in [2.24, 2.45) is 0 Å². The van der Waals surface area contributed by atoms with Crippen molar-refractivity contribution in [2.75, 3.05) is 16.7 Å². The molecule has 3 rings (SSSR count). The van der Waals surface area contributed by atoms with Crippen LogP contribution in [0, 0.1) is 6.92 Å². The summed E-state index contributed by atoms with van der Waals surface area (Å²) in [7, 11) is -2.26. The lowest BCUT2D eigenvalue weighted by Gasteiger charge is -2.22. The predicted molar refractivity (Wildman–Crippen MR) is 123 cm³/mol. The Bertz CT molecular complexity index is 1160. The predicted octanol–water partition coefficient (Wildman–Crippen LogP) is 4.86. The third kappa shape index (κ3) is 5.24. The first kappa shape index (κ1) is 22.4. The van der Waals surface area contributed by atoms with Crippen molar-refractivity contribution in [1.82, 2.24) is 0 Å². The molecule has 6 nitrogen and oxygen atoms in total. The topological polar surface area (TPSA) is 75.7 Å². The van der Waals surface area contributed by atoms with Crippen molar-refractivity contribution in [2.45, 2.75) is 31.8 Å². The van der Waals surface area contributed by atoms with Gasteiger partial charge in [0.2, 0.25) is 0 Å². The van der Waals surface area contributed by atoms with Crippen LogP contribution in [0.3, 0.4) is 0 Å². The van der Waals surface area contributed by atoms with Gasteiger partial charge in [0.1, 0.15) is 5.75 Å². The number of anilines is 2. The molecular weight excluding hydrogens is 412 g/mol. The van der Waals surface area contributed by atoms with Crippen LogP contribution in [-0.4, -0.2) is 27.5 Å². The number of amides is 1. The monoisotopic (exact) mass is 438 g/mol. The highest BCUT2D eigenvalue weighted by atomic mass is 32.2. The summed E-state index contributed by atoms with van der Waals surface area (Å²) < 4.78 is 32.8. The third-order valence-electron chi connectivity index (χ3n) is 4.70. The minimum absolute atomic E-state index is 0.0653. The number of carbonyl (C=O) groups excluding carboxylic acids is 1. The van der Waals surface area contributed by atoms with Crippen molar-refractivity contribution in [3.8, 4) is 5.75 Å². The molecule has 0 saturated heterocycles. The molecule has 0 aliphatic heterocycles. The molecule has 0 aliphatic carbocycles. The zero-order valence-electron chi connectivity index (χ0n) is 18.0. The number of rotatable bonds is 7. The van der Waals surface area contributed by atoms with Gasteiger partial charge in [0.15, 0.2) is 0 Å². The molecule has 0 aromatic heterocycles. The van der Waals surface area contributed by atoms with Crippen LogP contribution in [0.1, 0.15) is 29.8 Å². The summed E-state index contributed by atoms with van der Waals surface area (Å²) in [5, 5.41) is 2.83. The Labute approximate surface area is 183 Å². The van der Waals surface area contributed by atoms with Gasteiger partial charge in [0, 0.05) is 18.3 Å². The van der Waals surface area contributed by atoms with E-state index in [9.17, 15) is 13.2 Å². The lowest BCUT2D eigenvalue weighted by atomic mass is 10.1. The summed E-state index contributed by atoms with van der Waals surface area (Å²) in [5.74, 6) is 0.391. The van der Waals surface area contributed by atoms with Crippen molar-refractivity contribution >= 4 is 27.3 Å². The number of hydrogen-bond donors (Lipinski definition) is 1. The molecule has 3 aromatic carbocycles. The van der Waals surface area contributed by atoms with Crippen LogP contribution >= 0.6 is 0 Å². The number of benzene rings is 3. The Kier molecular flexibility index (Phi) is 6.65. The van der Waals surface area contributed by atoms with Crippen LogP contribution in [0.2, 0.25) is 0 Å². The zero-order valence-corrected chi connectivity index (χ0v) is 18.8. The number of ether oxygens (including phenoxy) is 1. The molecule has 7 heteroatoms. The Morgan fingerprint density at radius 3 is 2.23 bits per heavy atom. The Morgan fingerprint density at radius 2 is 1.61 bits per heavy atom. The van der Waals surface area contributed by atoms with E-state index in [-0.39, 0.29) is 16.9 Å². The number of aryl methyl sites for hydroxylation is 1. The Morgan fingerprint density at radius 1 is 0.968 bits per heavy atom. The van der Waals surface area contributed by atoms with Gasteiger partial charge in [0.25, 0.3) is 15.9 Å². The van der Waals surface area contributed by atoms with E-state index in [0.717, 1.165) is 11.3 Å². The van der Waals surface area contributed by atoms with Gasteiger partial charge < -0.3 is 10.1 Å². The molecule has 1 amide bonds. The molecule has 3 aromatic rings. The van der Waals surface area contributed by atoms with Gasteiger partial charge in [-0.1, -0.05) is 24.3 Å². The lowest BCUT2D eigenvalue weighted by molar-refractivity contribution is 0.102. The van der Waals surface area contributed by atoms with E-state index in [1.54, 1.807) is 72.8 Å². The van der Waals surface area contributed by atoms with E-state index in [1.165, 1.54) is 11.4 Å². The van der Waals surface area contributed by atoms with Gasteiger partial charge >= 0.3 is 0 Å². The summed E-state index contributed by atoms with van der Waals surface area (Å²) in [6.07, 6.45) is 0.0653. The zero-order chi connectivity index (χ0) is 22.6. The smallest absolute Gasteiger partial charge is 0.264 e. The molecule has 0 spiro atoms. The van der Waals surface area contributed by atoms with Crippen LogP contribution < -0.4 is 14.4 Å². The highest BCUT2D eigenvalue weighted by Gasteiger charge is 2.23. The number of carbonyl (C=O) groups is 1. The van der Waals surface area contributed by atoms with Crippen molar-refractivity contribution in [1.29, 1.82) is 0 Å². The maximum absolute atomic E-state index is 13.0. The largest absolute Gasteiger partial charge is 0.491 e. The van der Waals surface area contributed by atoms with Crippen molar-refractivity contribution in [3.63, 3.8) is 0 Å². The molecule has 1 N–H and O–H groups in total. The second-order valence-electron chi connectivity index (χ2n) is 7.43. The van der Waals surface area contributed by atoms with Crippen LogP contribution in [0.5, 0.6) is 5.75 Å². The molecule has 0 atom stereocenters. The molecule has 0 radical (unpaired) electrons. The van der Waals surface area contributed by atoms with Crippen molar-refractivity contribution < 1.29 is 17.9 Å². The van der Waals surface area contributed by atoms with Crippen LogP contribution in [0.4, 0.5) is 11.4 Å². The summed E-state index contributed by atoms with van der Waals surface area (Å²) in [6.45, 7) is 5.70. The standard InChI is InChI=1S/C24H26N2O4S/c1-17(2)30-21-14-12-20(13-15-21)25-24(27)19-11-10-18(3)23(16-19)26(4)31(28,29)22-8-6-5-7-9-22/h5-17H,1-4H3,(H,25,27). The van der Waals surface area contributed by atoms with Crippen LogP contribution in [0.25, 0.3) is 0 Å². The average molecular weight is 439 g/mol.